The zero-order valence-electron chi connectivity index (χ0n) is 13.0. The third kappa shape index (κ3) is 3.34. The van der Waals surface area contributed by atoms with Crippen molar-refractivity contribution in [1.29, 1.82) is 0 Å². The summed E-state index contributed by atoms with van der Waals surface area (Å²) >= 11 is 0. The molecule has 0 saturated carbocycles. The number of alkyl halides is 3. The molecule has 0 aromatic heterocycles. The van der Waals surface area contributed by atoms with E-state index in [1.165, 1.54) is 6.07 Å². The minimum absolute atomic E-state index is 0.161. The highest BCUT2D eigenvalue weighted by Gasteiger charge is 2.37. The molecule has 0 bridgehead atoms. The van der Waals surface area contributed by atoms with Crippen LogP contribution in [0.25, 0.3) is 0 Å². The van der Waals surface area contributed by atoms with Gasteiger partial charge in [-0.05, 0) is 49.6 Å². The van der Waals surface area contributed by atoms with Crippen molar-refractivity contribution in [1.82, 2.24) is 5.32 Å². The minimum Gasteiger partial charge on any atom is -0.370 e. The van der Waals surface area contributed by atoms with Crippen LogP contribution in [0.2, 0.25) is 0 Å². The fraction of sp³-hybridized carbons (Fsp3) is 0.625. The number of nitrogens with one attached hydrogen (secondary N) is 1. The Labute approximate surface area is 124 Å². The molecular weight excluding hydrogens is 277 g/mol. The van der Waals surface area contributed by atoms with E-state index < -0.39 is 11.7 Å². The van der Waals surface area contributed by atoms with Crippen LogP contribution < -0.4 is 10.2 Å². The van der Waals surface area contributed by atoms with E-state index in [2.05, 4.69) is 10.2 Å². The summed E-state index contributed by atoms with van der Waals surface area (Å²) in [5.41, 5.74) is 1.34. The molecule has 1 aromatic rings. The second-order valence-electron chi connectivity index (χ2n) is 6.12. The van der Waals surface area contributed by atoms with Gasteiger partial charge < -0.3 is 10.2 Å². The lowest BCUT2D eigenvalue weighted by atomic mass is 9.92. The van der Waals surface area contributed by atoms with Crippen molar-refractivity contribution in [3.05, 3.63) is 28.8 Å². The maximum Gasteiger partial charge on any atom is 0.416 e. The van der Waals surface area contributed by atoms with Crippen molar-refractivity contribution < 1.29 is 13.2 Å². The number of hydrogen-bond acceptors (Lipinski definition) is 2. The highest BCUT2D eigenvalue weighted by Crippen LogP contribution is 2.41. The molecule has 21 heavy (non-hydrogen) atoms. The van der Waals surface area contributed by atoms with Gasteiger partial charge in [-0.25, -0.2) is 0 Å². The molecule has 1 aliphatic rings. The third-order valence-corrected chi connectivity index (χ3v) is 4.12. The van der Waals surface area contributed by atoms with Gasteiger partial charge in [0.1, 0.15) is 0 Å². The Kier molecular flexibility index (Phi) is 4.51. The molecule has 1 heterocycles. The van der Waals surface area contributed by atoms with Gasteiger partial charge in [0.05, 0.1) is 5.56 Å². The van der Waals surface area contributed by atoms with Crippen molar-refractivity contribution in [3.63, 3.8) is 0 Å². The maximum absolute atomic E-state index is 13.4. The first kappa shape index (κ1) is 16.1. The van der Waals surface area contributed by atoms with Crippen LogP contribution in [0.5, 0.6) is 0 Å². The van der Waals surface area contributed by atoms with Crippen LogP contribution in [0.4, 0.5) is 18.9 Å². The summed E-state index contributed by atoms with van der Waals surface area (Å²) in [7, 11) is 1.90. The van der Waals surface area contributed by atoms with E-state index in [9.17, 15) is 13.2 Å². The summed E-state index contributed by atoms with van der Waals surface area (Å²) in [6.45, 7) is 6.95. The first-order valence-electron chi connectivity index (χ1n) is 7.38. The van der Waals surface area contributed by atoms with Crippen LogP contribution in [0.15, 0.2) is 12.1 Å². The average Bonchev–Trinajstić information content (AvgIpc) is 2.84. The minimum atomic E-state index is -4.30. The molecule has 0 aliphatic carbocycles. The lowest BCUT2D eigenvalue weighted by Crippen LogP contribution is -2.30. The Morgan fingerprint density at radius 1 is 1.29 bits per heavy atom. The van der Waals surface area contributed by atoms with Crippen LogP contribution in [0.1, 0.15) is 42.9 Å². The number of anilines is 1. The third-order valence-electron chi connectivity index (χ3n) is 4.12. The second kappa shape index (κ2) is 5.87. The summed E-state index contributed by atoms with van der Waals surface area (Å²) in [5.74, 6) is -0.161. The first-order chi connectivity index (χ1) is 9.74. The molecule has 1 fully saturated rings. The highest BCUT2D eigenvalue weighted by molar-refractivity contribution is 5.61. The number of rotatable bonds is 3. The number of aryl methyl sites for hydroxylation is 1. The zero-order valence-corrected chi connectivity index (χ0v) is 13.0. The van der Waals surface area contributed by atoms with Gasteiger partial charge in [0.15, 0.2) is 0 Å². The molecule has 1 N–H and O–H groups in total. The maximum atomic E-state index is 13.4. The van der Waals surface area contributed by atoms with E-state index in [-0.39, 0.29) is 5.92 Å². The van der Waals surface area contributed by atoms with Crippen molar-refractivity contribution >= 4 is 5.69 Å². The molecule has 1 aromatic carbocycles. The van der Waals surface area contributed by atoms with Gasteiger partial charge in [-0.2, -0.15) is 13.2 Å². The Hall–Kier alpha value is -1.23. The summed E-state index contributed by atoms with van der Waals surface area (Å²) in [5, 5.41) is 3.21. The SMILES string of the molecule is CN[C@H]1CCN(c2cc(C)cc(C(F)(F)F)c2C(C)C)C1. The molecule has 2 rings (SSSR count). The second-order valence-corrected chi connectivity index (χ2v) is 6.12. The van der Waals surface area contributed by atoms with Crippen molar-refractivity contribution in [2.24, 2.45) is 0 Å². The number of halogens is 3. The molecule has 118 valence electrons. The van der Waals surface area contributed by atoms with Crippen LogP contribution in [-0.2, 0) is 6.18 Å². The molecule has 2 nitrogen and oxygen atoms in total. The molecular formula is C16H23F3N2. The van der Waals surface area contributed by atoms with Crippen LogP contribution >= 0.6 is 0 Å². The lowest BCUT2D eigenvalue weighted by molar-refractivity contribution is -0.138. The first-order valence-corrected chi connectivity index (χ1v) is 7.38. The van der Waals surface area contributed by atoms with Crippen LogP contribution in [-0.4, -0.2) is 26.2 Å². The number of likely N-dealkylation sites (N-methyl/N-ethyl adjacent to an activating group) is 1. The smallest absolute Gasteiger partial charge is 0.370 e. The highest BCUT2D eigenvalue weighted by atomic mass is 19.4. The van der Waals surface area contributed by atoms with Gasteiger partial charge in [0, 0.05) is 24.8 Å². The van der Waals surface area contributed by atoms with Gasteiger partial charge in [0.2, 0.25) is 0 Å². The molecule has 0 radical (unpaired) electrons. The number of hydrogen-bond donors (Lipinski definition) is 1. The van der Waals surface area contributed by atoms with Crippen molar-refractivity contribution in [2.75, 3.05) is 25.0 Å². The molecule has 0 amide bonds. The molecule has 5 heteroatoms. The van der Waals surface area contributed by atoms with E-state index in [4.69, 9.17) is 0 Å². The molecule has 0 unspecified atom stereocenters. The fourth-order valence-corrected chi connectivity index (χ4v) is 3.10. The van der Waals surface area contributed by atoms with Crippen molar-refractivity contribution in [3.8, 4) is 0 Å². The van der Waals surface area contributed by atoms with Gasteiger partial charge in [-0.15, -0.1) is 0 Å². The van der Waals surface area contributed by atoms with E-state index >= 15 is 0 Å². The van der Waals surface area contributed by atoms with E-state index in [0.717, 1.165) is 25.2 Å². The van der Waals surface area contributed by atoms with Gasteiger partial charge in [-0.3, -0.25) is 0 Å². The fourth-order valence-electron chi connectivity index (χ4n) is 3.10. The Balaban J connectivity index is 2.52. The van der Waals surface area contributed by atoms with Crippen molar-refractivity contribution in [2.45, 2.75) is 45.3 Å². The number of benzene rings is 1. The van der Waals surface area contributed by atoms with Gasteiger partial charge in [-0.1, -0.05) is 13.8 Å². The molecule has 1 aliphatic heterocycles. The van der Waals surface area contributed by atoms with Gasteiger partial charge >= 0.3 is 6.18 Å². The van der Waals surface area contributed by atoms with Gasteiger partial charge in [0.25, 0.3) is 0 Å². The normalized spacial score (nSPS) is 19.6. The molecule has 1 atom stereocenters. The lowest BCUT2D eigenvalue weighted by Gasteiger charge is -2.27. The largest absolute Gasteiger partial charge is 0.416 e. The summed E-state index contributed by atoms with van der Waals surface area (Å²) in [6.07, 6.45) is -3.34. The monoisotopic (exact) mass is 300 g/mol. The Morgan fingerprint density at radius 3 is 2.43 bits per heavy atom. The Bertz CT molecular complexity index is 509. The average molecular weight is 300 g/mol. The quantitative estimate of drug-likeness (QED) is 0.909. The predicted molar refractivity (Wildman–Crippen MR) is 79.9 cm³/mol. The standard InChI is InChI=1S/C16H23F3N2/c1-10(2)15-13(16(17,18)19)7-11(3)8-14(15)21-6-5-12(9-21)20-4/h7-8,10,12,20H,5-6,9H2,1-4H3/t12-/m0/s1. The van der Waals surface area contributed by atoms with E-state index in [1.807, 2.05) is 27.0 Å². The molecule has 1 saturated heterocycles. The Morgan fingerprint density at radius 2 is 1.95 bits per heavy atom. The summed E-state index contributed by atoms with van der Waals surface area (Å²) in [6, 6.07) is 3.51. The van der Waals surface area contributed by atoms with Crippen LogP contribution in [0, 0.1) is 6.92 Å². The number of nitrogens with zero attached hydrogens (tertiary/aromatic N) is 1. The predicted octanol–water partition coefficient (Wildman–Crippen LogP) is 3.94. The summed E-state index contributed by atoms with van der Waals surface area (Å²) < 4.78 is 40.1. The zero-order chi connectivity index (χ0) is 15.8. The van der Waals surface area contributed by atoms with E-state index in [0.29, 0.717) is 17.2 Å². The van der Waals surface area contributed by atoms with E-state index in [1.54, 1.807) is 6.92 Å². The molecule has 0 spiro atoms. The summed E-state index contributed by atoms with van der Waals surface area (Å²) in [4.78, 5) is 2.08. The van der Waals surface area contributed by atoms with Crippen LogP contribution in [0.3, 0.4) is 0 Å². The topological polar surface area (TPSA) is 15.3 Å².